The summed E-state index contributed by atoms with van der Waals surface area (Å²) in [6.45, 7) is 2.10. The van der Waals surface area contributed by atoms with Crippen molar-refractivity contribution in [3.05, 3.63) is 29.8 Å². The van der Waals surface area contributed by atoms with Gasteiger partial charge >= 0.3 is 0 Å². The van der Waals surface area contributed by atoms with E-state index in [1.165, 1.54) is 0 Å². The third-order valence-electron chi connectivity index (χ3n) is 4.97. The van der Waals surface area contributed by atoms with Crippen LogP contribution in [0, 0.1) is 0 Å². The van der Waals surface area contributed by atoms with Gasteiger partial charge in [0.15, 0.2) is 0 Å². The number of ether oxygens (including phenoxy) is 2. The van der Waals surface area contributed by atoms with Crippen molar-refractivity contribution in [3.8, 4) is 5.75 Å². The summed E-state index contributed by atoms with van der Waals surface area (Å²) in [4.78, 5) is 26.8. The quantitative estimate of drug-likeness (QED) is 0.805. The fourth-order valence-corrected chi connectivity index (χ4v) is 3.25. The maximum atomic E-state index is 12.6. The van der Waals surface area contributed by atoms with Crippen molar-refractivity contribution in [2.45, 2.75) is 37.4 Å². The molecule has 0 saturated carbocycles. The number of amides is 2. The Kier molecular flexibility index (Phi) is 5.24. The van der Waals surface area contributed by atoms with E-state index in [4.69, 9.17) is 15.2 Å². The van der Waals surface area contributed by atoms with Gasteiger partial charge in [0.25, 0.3) is 0 Å². The maximum Gasteiger partial charge on any atom is 0.245 e. The summed E-state index contributed by atoms with van der Waals surface area (Å²) in [6, 6.07) is 7.13. The third kappa shape index (κ3) is 3.93. The number of hydrogen-bond acceptors (Lipinski definition) is 5. The second kappa shape index (κ2) is 7.41. The van der Waals surface area contributed by atoms with Crippen LogP contribution in [0.1, 0.15) is 24.8 Å². The van der Waals surface area contributed by atoms with Crippen LogP contribution in [0.4, 0.5) is 0 Å². The highest BCUT2D eigenvalue weighted by molar-refractivity contribution is 5.93. The van der Waals surface area contributed by atoms with Crippen molar-refractivity contribution >= 4 is 11.8 Å². The molecule has 3 rings (SSSR count). The topological polar surface area (TPSA) is 93.9 Å². The van der Waals surface area contributed by atoms with E-state index in [1.54, 1.807) is 12.0 Å². The lowest BCUT2D eigenvalue weighted by atomic mass is 9.90. The number of carbonyl (C=O) groups is 2. The average molecular weight is 347 g/mol. The molecule has 0 aliphatic carbocycles. The van der Waals surface area contributed by atoms with E-state index in [9.17, 15) is 9.59 Å². The van der Waals surface area contributed by atoms with Gasteiger partial charge < -0.3 is 25.4 Å². The standard InChI is InChI=1S/C18H25N3O4/c1-24-14-4-2-13(3-5-14)12-21-9-6-15(16(21)22)20-17(23)18(19)7-10-25-11-8-18/h2-5,15H,6-12,19H2,1H3,(H,20,23). The van der Waals surface area contributed by atoms with E-state index in [0.717, 1.165) is 11.3 Å². The second-order valence-electron chi connectivity index (χ2n) is 6.69. The van der Waals surface area contributed by atoms with Crippen LogP contribution in [-0.4, -0.2) is 55.2 Å². The zero-order valence-electron chi connectivity index (χ0n) is 14.5. The van der Waals surface area contributed by atoms with E-state index >= 15 is 0 Å². The normalized spacial score (nSPS) is 22.7. The summed E-state index contributed by atoms with van der Waals surface area (Å²) in [6.07, 6.45) is 1.57. The van der Waals surface area contributed by atoms with Gasteiger partial charge in [0.1, 0.15) is 11.8 Å². The molecule has 25 heavy (non-hydrogen) atoms. The predicted molar refractivity (Wildman–Crippen MR) is 91.9 cm³/mol. The molecule has 2 amide bonds. The number of methoxy groups -OCH3 is 1. The van der Waals surface area contributed by atoms with Crippen molar-refractivity contribution in [2.24, 2.45) is 5.73 Å². The third-order valence-corrected chi connectivity index (χ3v) is 4.97. The van der Waals surface area contributed by atoms with Crippen LogP contribution in [0.15, 0.2) is 24.3 Å². The van der Waals surface area contributed by atoms with E-state index in [2.05, 4.69) is 5.32 Å². The van der Waals surface area contributed by atoms with E-state index in [1.807, 2.05) is 24.3 Å². The number of nitrogens with one attached hydrogen (secondary N) is 1. The van der Waals surface area contributed by atoms with Crippen molar-refractivity contribution in [3.63, 3.8) is 0 Å². The predicted octanol–water partition coefficient (Wildman–Crippen LogP) is 0.420. The lowest BCUT2D eigenvalue weighted by Crippen LogP contribution is -2.59. The van der Waals surface area contributed by atoms with Gasteiger partial charge in [0.2, 0.25) is 11.8 Å². The molecule has 1 unspecified atom stereocenters. The summed E-state index contributed by atoms with van der Waals surface area (Å²) in [5.41, 5.74) is 6.28. The van der Waals surface area contributed by atoms with Crippen molar-refractivity contribution in [1.82, 2.24) is 10.2 Å². The van der Waals surface area contributed by atoms with Crippen LogP contribution < -0.4 is 15.8 Å². The number of hydrogen-bond donors (Lipinski definition) is 2. The van der Waals surface area contributed by atoms with E-state index in [-0.39, 0.29) is 11.8 Å². The first-order chi connectivity index (χ1) is 12.0. The molecule has 136 valence electrons. The number of carbonyl (C=O) groups excluding carboxylic acids is 2. The molecule has 1 aromatic rings. The number of rotatable bonds is 5. The lowest BCUT2D eigenvalue weighted by molar-refractivity contribution is -0.136. The Morgan fingerprint density at radius 2 is 2.04 bits per heavy atom. The lowest BCUT2D eigenvalue weighted by Gasteiger charge is -2.32. The van der Waals surface area contributed by atoms with Crippen LogP contribution in [0.5, 0.6) is 5.75 Å². The first-order valence-corrected chi connectivity index (χ1v) is 8.61. The first-order valence-electron chi connectivity index (χ1n) is 8.61. The molecular weight excluding hydrogens is 322 g/mol. The Morgan fingerprint density at radius 1 is 1.36 bits per heavy atom. The molecule has 7 nitrogen and oxygen atoms in total. The minimum absolute atomic E-state index is 0.0557. The van der Waals surface area contributed by atoms with Gasteiger partial charge in [-0.05, 0) is 37.0 Å². The van der Waals surface area contributed by atoms with Gasteiger partial charge in [-0.2, -0.15) is 0 Å². The fraction of sp³-hybridized carbons (Fsp3) is 0.556. The number of nitrogens with two attached hydrogens (primary N) is 1. The van der Waals surface area contributed by atoms with E-state index < -0.39 is 11.6 Å². The number of likely N-dealkylation sites (tertiary alicyclic amines) is 1. The Morgan fingerprint density at radius 3 is 2.68 bits per heavy atom. The zero-order chi connectivity index (χ0) is 17.9. The molecule has 0 bridgehead atoms. The van der Waals surface area contributed by atoms with Crippen LogP contribution >= 0.6 is 0 Å². The Labute approximate surface area is 147 Å². The highest BCUT2D eigenvalue weighted by atomic mass is 16.5. The van der Waals surface area contributed by atoms with Crippen LogP contribution in [0.2, 0.25) is 0 Å². The van der Waals surface area contributed by atoms with Crippen LogP contribution in [-0.2, 0) is 20.9 Å². The summed E-state index contributed by atoms with van der Waals surface area (Å²) in [5.74, 6) is 0.478. The minimum Gasteiger partial charge on any atom is -0.497 e. The van der Waals surface area contributed by atoms with Gasteiger partial charge in [-0.15, -0.1) is 0 Å². The summed E-state index contributed by atoms with van der Waals surface area (Å²) >= 11 is 0. The number of nitrogens with zero attached hydrogens (tertiary/aromatic N) is 1. The largest absolute Gasteiger partial charge is 0.497 e. The van der Waals surface area contributed by atoms with Crippen LogP contribution in [0.3, 0.4) is 0 Å². The molecule has 2 saturated heterocycles. The van der Waals surface area contributed by atoms with E-state index in [0.29, 0.717) is 45.6 Å². The fourth-order valence-electron chi connectivity index (χ4n) is 3.25. The van der Waals surface area contributed by atoms with Gasteiger partial charge in [-0.1, -0.05) is 12.1 Å². The summed E-state index contributed by atoms with van der Waals surface area (Å²) in [5, 5.41) is 2.84. The second-order valence-corrected chi connectivity index (χ2v) is 6.69. The Hall–Kier alpha value is -2.12. The Bertz CT molecular complexity index is 626. The highest BCUT2D eigenvalue weighted by Crippen LogP contribution is 2.21. The van der Waals surface area contributed by atoms with Crippen molar-refractivity contribution < 1.29 is 19.1 Å². The smallest absolute Gasteiger partial charge is 0.245 e. The molecule has 7 heteroatoms. The molecule has 1 atom stereocenters. The maximum absolute atomic E-state index is 12.6. The SMILES string of the molecule is COc1ccc(CN2CCC(NC(=O)C3(N)CCOCC3)C2=O)cc1. The molecule has 1 aromatic carbocycles. The minimum atomic E-state index is -0.929. The van der Waals surface area contributed by atoms with Crippen molar-refractivity contribution in [2.75, 3.05) is 26.9 Å². The van der Waals surface area contributed by atoms with Gasteiger partial charge in [0.05, 0.1) is 12.6 Å². The van der Waals surface area contributed by atoms with Gasteiger partial charge in [-0.25, -0.2) is 0 Å². The molecule has 2 aliphatic rings. The molecule has 2 fully saturated rings. The molecule has 0 radical (unpaired) electrons. The monoisotopic (exact) mass is 347 g/mol. The van der Waals surface area contributed by atoms with Gasteiger partial charge in [0, 0.05) is 26.3 Å². The van der Waals surface area contributed by atoms with Crippen molar-refractivity contribution in [1.29, 1.82) is 0 Å². The first kappa shape index (κ1) is 17.7. The number of benzene rings is 1. The molecule has 0 spiro atoms. The van der Waals surface area contributed by atoms with Crippen LogP contribution in [0.25, 0.3) is 0 Å². The average Bonchev–Trinajstić information content (AvgIpc) is 2.96. The summed E-state index contributed by atoms with van der Waals surface area (Å²) in [7, 11) is 1.62. The van der Waals surface area contributed by atoms with Gasteiger partial charge in [-0.3, -0.25) is 9.59 Å². The zero-order valence-corrected chi connectivity index (χ0v) is 14.5. The summed E-state index contributed by atoms with van der Waals surface area (Å²) < 4.78 is 10.4. The molecule has 0 aromatic heterocycles. The molecule has 2 aliphatic heterocycles. The molecule has 3 N–H and O–H groups in total. The molecule has 2 heterocycles. The highest BCUT2D eigenvalue weighted by Gasteiger charge is 2.40. The Balaban J connectivity index is 1.56. The molecular formula is C18H25N3O4.